The lowest BCUT2D eigenvalue weighted by Crippen LogP contribution is -2.24. The summed E-state index contributed by atoms with van der Waals surface area (Å²) in [6, 6.07) is 5.01. The summed E-state index contributed by atoms with van der Waals surface area (Å²) in [4.78, 5) is 4.14. The summed E-state index contributed by atoms with van der Waals surface area (Å²) in [6.45, 7) is 3.56. The predicted octanol–water partition coefficient (Wildman–Crippen LogP) is 2.38. The first kappa shape index (κ1) is 16.4. The number of thiazole rings is 1. The molecule has 0 amide bonds. The second kappa shape index (κ2) is 7.33. The highest BCUT2D eigenvalue weighted by Crippen LogP contribution is 2.23. The van der Waals surface area contributed by atoms with Crippen LogP contribution in [0.15, 0.2) is 34.7 Å². The van der Waals surface area contributed by atoms with Gasteiger partial charge in [0.05, 0.1) is 11.6 Å². The molecule has 0 saturated carbocycles. The van der Waals surface area contributed by atoms with Crippen molar-refractivity contribution in [1.29, 1.82) is 0 Å². The zero-order valence-electron chi connectivity index (χ0n) is 11.5. The maximum Gasteiger partial charge on any atom is 0.242 e. The molecule has 0 atom stereocenters. The van der Waals surface area contributed by atoms with Crippen LogP contribution in [0.1, 0.15) is 17.5 Å². The van der Waals surface area contributed by atoms with Crippen molar-refractivity contribution in [3.63, 3.8) is 0 Å². The van der Waals surface area contributed by atoms with E-state index in [2.05, 4.69) is 15.0 Å². The van der Waals surface area contributed by atoms with Crippen LogP contribution < -0.4 is 10.0 Å². The van der Waals surface area contributed by atoms with Crippen LogP contribution in [0.25, 0.3) is 0 Å². The fourth-order valence-corrected chi connectivity index (χ4v) is 3.89. The zero-order chi connectivity index (χ0) is 15.3. The Morgan fingerprint density at radius 2 is 2.14 bits per heavy atom. The van der Waals surface area contributed by atoms with Crippen molar-refractivity contribution in [1.82, 2.24) is 15.0 Å². The van der Waals surface area contributed by atoms with Crippen molar-refractivity contribution in [2.75, 3.05) is 6.54 Å². The highest BCUT2D eigenvalue weighted by Gasteiger charge is 2.18. The third-order valence-corrected chi connectivity index (χ3v) is 5.42. The molecular weight excluding hydrogens is 330 g/mol. The van der Waals surface area contributed by atoms with E-state index in [1.165, 1.54) is 11.3 Å². The number of halogens is 1. The van der Waals surface area contributed by atoms with Crippen LogP contribution >= 0.6 is 22.9 Å². The largest absolute Gasteiger partial charge is 0.313 e. The molecule has 21 heavy (non-hydrogen) atoms. The zero-order valence-corrected chi connectivity index (χ0v) is 13.9. The van der Waals surface area contributed by atoms with Crippen LogP contribution in [0.4, 0.5) is 0 Å². The van der Waals surface area contributed by atoms with Gasteiger partial charge in [-0.05, 0) is 24.2 Å². The van der Waals surface area contributed by atoms with E-state index in [-0.39, 0.29) is 16.5 Å². The Hall–Kier alpha value is -0.990. The fraction of sp³-hybridized carbons (Fsp3) is 0.308. The van der Waals surface area contributed by atoms with Gasteiger partial charge in [-0.15, -0.1) is 11.3 Å². The molecule has 0 radical (unpaired) electrons. The second-order valence-corrected chi connectivity index (χ2v) is 7.42. The van der Waals surface area contributed by atoms with Crippen molar-refractivity contribution < 1.29 is 8.42 Å². The number of aromatic nitrogens is 1. The normalized spacial score (nSPS) is 11.7. The molecule has 0 unspecified atom stereocenters. The molecule has 0 bridgehead atoms. The van der Waals surface area contributed by atoms with Crippen molar-refractivity contribution >= 4 is 33.0 Å². The summed E-state index contributed by atoms with van der Waals surface area (Å²) in [5, 5.41) is 5.87. The van der Waals surface area contributed by atoms with Crippen molar-refractivity contribution in [2.45, 2.75) is 24.9 Å². The van der Waals surface area contributed by atoms with E-state index in [0.717, 1.165) is 12.1 Å². The monoisotopic (exact) mass is 345 g/mol. The SMILES string of the molecule is CCNCc1ccc(Cl)c(S(=O)(=O)NCc2nccs2)c1. The van der Waals surface area contributed by atoms with E-state index >= 15 is 0 Å². The van der Waals surface area contributed by atoms with Crippen molar-refractivity contribution in [3.8, 4) is 0 Å². The molecule has 8 heteroatoms. The van der Waals surface area contributed by atoms with Crippen molar-refractivity contribution in [2.24, 2.45) is 0 Å². The van der Waals surface area contributed by atoms with E-state index in [4.69, 9.17) is 11.6 Å². The maximum atomic E-state index is 12.3. The minimum Gasteiger partial charge on any atom is -0.313 e. The Balaban J connectivity index is 2.17. The molecule has 114 valence electrons. The first-order valence-corrected chi connectivity index (χ1v) is 9.14. The Morgan fingerprint density at radius 1 is 1.33 bits per heavy atom. The lowest BCUT2D eigenvalue weighted by Gasteiger charge is -2.10. The lowest BCUT2D eigenvalue weighted by atomic mass is 10.2. The highest BCUT2D eigenvalue weighted by atomic mass is 35.5. The van der Waals surface area contributed by atoms with Gasteiger partial charge >= 0.3 is 0 Å². The number of sulfonamides is 1. The molecule has 2 rings (SSSR count). The molecule has 1 aromatic heterocycles. The van der Waals surface area contributed by atoms with E-state index in [1.54, 1.807) is 23.7 Å². The van der Waals surface area contributed by atoms with Gasteiger partial charge < -0.3 is 5.32 Å². The first-order chi connectivity index (χ1) is 10.0. The quantitative estimate of drug-likeness (QED) is 0.808. The molecule has 0 spiro atoms. The molecule has 2 aromatic rings. The van der Waals surface area contributed by atoms with Gasteiger partial charge in [-0.2, -0.15) is 0 Å². The van der Waals surface area contributed by atoms with E-state index in [1.807, 2.05) is 13.0 Å². The van der Waals surface area contributed by atoms with E-state index in [0.29, 0.717) is 11.6 Å². The Bertz CT molecular complexity index is 687. The average Bonchev–Trinajstić information content (AvgIpc) is 2.97. The van der Waals surface area contributed by atoms with Crippen LogP contribution in [0.3, 0.4) is 0 Å². The summed E-state index contributed by atoms with van der Waals surface area (Å²) in [6.07, 6.45) is 1.64. The van der Waals surface area contributed by atoms with Gasteiger partial charge in [-0.25, -0.2) is 18.1 Å². The summed E-state index contributed by atoms with van der Waals surface area (Å²) in [5.41, 5.74) is 0.871. The third kappa shape index (κ3) is 4.49. The molecule has 0 aliphatic heterocycles. The molecule has 1 heterocycles. The van der Waals surface area contributed by atoms with Crippen LogP contribution in [-0.2, 0) is 23.1 Å². The first-order valence-electron chi connectivity index (χ1n) is 6.40. The van der Waals surface area contributed by atoms with Gasteiger partial charge in [0.2, 0.25) is 10.0 Å². The average molecular weight is 346 g/mol. The second-order valence-electron chi connectivity index (χ2n) is 4.30. The molecular formula is C13H16ClN3O2S2. The van der Waals surface area contributed by atoms with Crippen LogP contribution in [0.2, 0.25) is 5.02 Å². The molecule has 0 aliphatic rings. The molecule has 0 aliphatic carbocycles. The Morgan fingerprint density at radius 3 is 2.81 bits per heavy atom. The highest BCUT2D eigenvalue weighted by molar-refractivity contribution is 7.89. The number of benzene rings is 1. The number of nitrogens with one attached hydrogen (secondary N) is 2. The lowest BCUT2D eigenvalue weighted by molar-refractivity contribution is 0.581. The molecule has 5 nitrogen and oxygen atoms in total. The van der Waals surface area contributed by atoms with Crippen LogP contribution in [0, 0.1) is 0 Å². The summed E-state index contributed by atoms with van der Waals surface area (Å²) < 4.78 is 27.2. The van der Waals surface area contributed by atoms with Crippen LogP contribution in [-0.4, -0.2) is 19.9 Å². The smallest absolute Gasteiger partial charge is 0.242 e. The van der Waals surface area contributed by atoms with Gasteiger partial charge in [0.1, 0.15) is 9.90 Å². The number of nitrogens with zero attached hydrogens (tertiary/aromatic N) is 1. The number of hydrogen-bond donors (Lipinski definition) is 2. The van der Waals surface area contributed by atoms with E-state index in [9.17, 15) is 8.42 Å². The minimum atomic E-state index is -3.66. The topological polar surface area (TPSA) is 71.1 Å². The number of rotatable bonds is 7. The predicted molar refractivity (Wildman–Crippen MR) is 85.0 cm³/mol. The Labute approximate surface area is 133 Å². The standard InChI is InChI=1S/C13H16ClN3O2S2/c1-2-15-8-10-3-4-11(14)12(7-10)21(18,19)17-9-13-16-5-6-20-13/h3-7,15,17H,2,8-9H2,1H3. The van der Waals surface area contributed by atoms with Gasteiger partial charge in [0.25, 0.3) is 0 Å². The van der Waals surface area contributed by atoms with Crippen LogP contribution in [0.5, 0.6) is 0 Å². The summed E-state index contributed by atoms with van der Waals surface area (Å²) >= 11 is 7.42. The molecule has 0 fully saturated rings. The fourth-order valence-electron chi connectivity index (χ4n) is 1.71. The Kier molecular flexibility index (Phi) is 5.72. The van der Waals surface area contributed by atoms with Gasteiger partial charge in [0, 0.05) is 18.1 Å². The summed E-state index contributed by atoms with van der Waals surface area (Å²) in [7, 11) is -3.66. The maximum absolute atomic E-state index is 12.3. The molecule has 2 N–H and O–H groups in total. The molecule has 1 aromatic carbocycles. The number of hydrogen-bond acceptors (Lipinski definition) is 5. The van der Waals surface area contributed by atoms with Crippen molar-refractivity contribution in [3.05, 3.63) is 45.4 Å². The summed E-state index contributed by atoms with van der Waals surface area (Å²) in [5.74, 6) is 0. The van der Waals surface area contributed by atoms with E-state index < -0.39 is 10.0 Å². The van der Waals surface area contributed by atoms with Gasteiger partial charge in [-0.3, -0.25) is 0 Å². The minimum absolute atomic E-state index is 0.0936. The van der Waals surface area contributed by atoms with Gasteiger partial charge in [-0.1, -0.05) is 24.6 Å². The molecule has 0 saturated heterocycles. The third-order valence-electron chi connectivity index (χ3n) is 2.76. The van der Waals surface area contributed by atoms with Gasteiger partial charge in [0.15, 0.2) is 0 Å².